The maximum Gasteiger partial charge on any atom is 0.236 e. The molecule has 0 radical (unpaired) electrons. The largest absolute Gasteiger partial charge is 0.338 e. The van der Waals surface area contributed by atoms with Crippen LogP contribution >= 0.6 is 0 Å². The molecule has 1 heterocycles. The molecule has 0 bridgehead atoms. The summed E-state index contributed by atoms with van der Waals surface area (Å²) in [5, 5.41) is 3.39. The van der Waals surface area contributed by atoms with Gasteiger partial charge in [-0.1, -0.05) is 60.7 Å². The zero-order valence-electron chi connectivity index (χ0n) is 12.2. The van der Waals surface area contributed by atoms with Crippen LogP contribution in [0.25, 0.3) is 0 Å². The van der Waals surface area contributed by atoms with Crippen molar-refractivity contribution in [1.82, 2.24) is 10.2 Å². The molecular formula is C18H20N2O. The van der Waals surface area contributed by atoms with Gasteiger partial charge in [0.1, 0.15) is 0 Å². The van der Waals surface area contributed by atoms with Crippen molar-refractivity contribution in [1.29, 1.82) is 0 Å². The Morgan fingerprint density at radius 3 is 2.14 bits per heavy atom. The molecule has 1 aliphatic rings. The number of carbonyl (C=O) groups excluding carboxylic acids is 1. The number of rotatable bonds is 2. The van der Waals surface area contributed by atoms with Crippen molar-refractivity contribution in [2.45, 2.75) is 18.5 Å². The molecule has 108 valence electrons. The molecule has 1 saturated heterocycles. The Morgan fingerprint density at radius 1 is 0.952 bits per heavy atom. The van der Waals surface area contributed by atoms with E-state index in [1.54, 1.807) is 0 Å². The van der Waals surface area contributed by atoms with Gasteiger partial charge in [0.2, 0.25) is 5.91 Å². The number of amides is 1. The van der Waals surface area contributed by atoms with Crippen LogP contribution < -0.4 is 5.32 Å². The highest BCUT2D eigenvalue weighted by atomic mass is 16.2. The summed E-state index contributed by atoms with van der Waals surface area (Å²) in [7, 11) is 1.90. The van der Waals surface area contributed by atoms with Gasteiger partial charge in [-0.15, -0.1) is 0 Å². The van der Waals surface area contributed by atoms with Crippen molar-refractivity contribution < 1.29 is 4.79 Å². The van der Waals surface area contributed by atoms with Crippen LogP contribution in [0.2, 0.25) is 0 Å². The number of hydrogen-bond acceptors (Lipinski definition) is 2. The SMILES string of the molecule is CN1C(=O)CN[C@@H](c2ccccc2)C[C@@H]1c1ccccc1. The minimum Gasteiger partial charge on any atom is -0.338 e. The molecule has 3 nitrogen and oxygen atoms in total. The summed E-state index contributed by atoms with van der Waals surface area (Å²) in [6.07, 6.45) is 0.885. The molecule has 2 aromatic carbocycles. The zero-order valence-corrected chi connectivity index (χ0v) is 12.2. The van der Waals surface area contributed by atoms with E-state index in [2.05, 4.69) is 29.6 Å². The van der Waals surface area contributed by atoms with Crippen LogP contribution in [0.15, 0.2) is 60.7 Å². The van der Waals surface area contributed by atoms with Gasteiger partial charge in [0.15, 0.2) is 0 Å². The van der Waals surface area contributed by atoms with Crippen LogP contribution in [0.1, 0.15) is 29.6 Å². The molecule has 1 aliphatic heterocycles. The standard InChI is InChI=1S/C18H20N2O/c1-20-17(15-10-6-3-7-11-15)12-16(19-13-18(20)21)14-8-4-2-5-9-14/h2-11,16-17,19H,12-13H2,1H3/t16-,17-/m1/s1. The first-order valence-corrected chi connectivity index (χ1v) is 7.34. The second-order valence-electron chi connectivity index (χ2n) is 5.51. The molecule has 2 atom stereocenters. The second-order valence-corrected chi connectivity index (χ2v) is 5.51. The van der Waals surface area contributed by atoms with E-state index in [9.17, 15) is 4.79 Å². The molecule has 1 N–H and O–H groups in total. The molecule has 0 aliphatic carbocycles. The van der Waals surface area contributed by atoms with Crippen LogP contribution in [0, 0.1) is 0 Å². The Bertz CT molecular complexity index is 597. The molecule has 21 heavy (non-hydrogen) atoms. The Morgan fingerprint density at radius 2 is 1.52 bits per heavy atom. The second kappa shape index (κ2) is 6.10. The first kappa shape index (κ1) is 13.8. The van der Waals surface area contributed by atoms with E-state index >= 15 is 0 Å². The lowest BCUT2D eigenvalue weighted by Crippen LogP contribution is -2.33. The van der Waals surface area contributed by atoms with Crippen molar-refractivity contribution in [2.75, 3.05) is 13.6 Å². The summed E-state index contributed by atoms with van der Waals surface area (Å²) in [5.74, 6) is 0.141. The summed E-state index contributed by atoms with van der Waals surface area (Å²) in [6, 6.07) is 20.9. The lowest BCUT2D eigenvalue weighted by molar-refractivity contribution is -0.130. The van der Waals surface area contributed by atoms with Gasteiger partial charge in [-0.25, -0.2) is 0 Å². The molecule has 3 rings (SSSR count). The normalized spacial score (nSPS) is 22.9. The highest BCUT2D eigenvalue weighted by Crippen LogP contribution is 2.32. The van der Waals surface area contributed by atoms with Crippen molar-refractivity contribution in [3.63, 3.8) is 0 Å². The van der Waals surface area contributed by atoms with Crippen LogP contribution in [-0.2, 0) is 4.79 Å². The minimum absolute atomic E-state index is 0.110. The van der Waals surface area contributed by atoms with E-state index in [1.807, 2.05) is 48.3 Å². The number of nitrogens with zero attached hydrogens (tertiary/aromatic N) is 1. The highest BCUT2D eigenvalue weighted by molar-refractivity contribution is 5.79. The summed E-state index contributed by atoms with van der Waals surface area (Å²) in [4.78, 5) is 14.1. The minimum atomic E-state index is 0.110. The van der Waals surface area contributed by atoms with E-state index in [0.29, 0.717) is 6.54 Å². The summed E-state index contributed by atoms with van der Waals surface area (Å²) >= 11 is 0. The van der Waals surface area contributed by atoms with Crippen LogP contribution in [0.5, 0.6) is 0 Å². The van der Waals surface area contributed by atoms with Gasteiger partial charge in [-0.3, -0.25) is 4.79 Å². The van der Waals surface area contributed by atoms with Gasteiger partial charge < -0.3 is 10.2 Å². The third kappa shape index (κ3) is 2.98. The molecule has 0 aromatic heterocycles. The van der Waals surface area contributed by atoms with Crippen molar-refractivity contribution >= 4 is 5.91 Å². The van der Waals surface area contributed by atoms with Crippen LogP contribution in [-0.4, -0.2) is 24.4 Å². The number of carbonyl (C=O) groups is 1. The summed E-state index contributed by atoms with van der Waals surface area (Å²) in [6.45, 7) is 0.388. The predicted molar refractivity (Wildman–Crippen MR) is 83.8 cm³/mol. The Balaban J connectivity index is 1.91. The smallest absolute Gasteiger partial charge is 0.236 e. The third-order valence-electron chi connectivity index (χ3n) is 4.21. The molecule has 0 unspecified atom stereocenters. The number of benzene rings is 2. The number of nitrogens with one attached hydrogen (secondary N) is 1. The maximum atomic E-state index is 12.2. The van der Waals surface area contributed by atoms with Crippen molar-refractivity contribution in [3.8, 4) is 0 Å². The Hall–Kier alpha value is -2.13. The maximum absolute atomic E-state index is 12.2. The average molecular weight is 280 g/mol. The zero-order chi connectivity index (χ0) is 14.7. The number of hydrogen-bond donors (Lipinski definition) is 1. The van der Waals surface area contributed by atoms with E-state index in [4.69, 9.17) is 0 Å². The van der Waals surface area contributed by atoms with Crippen LogP contribution in [0.4, 0.5) is 0 Å². The molecule has 3 heteroatoms. The van der Waals surface area contributed by atoms with Gasteiger partial charge in [0.05, 0.1) is 12.6 Å². The van der Waals surface area contributed by atoms with E-state index in [-0.39, 0.29) is 18.0 Å². The lowest BCUT2D eigenvalue weighted by Gasteiger charge is -2.28. The van der Waals surface area contributed by atoms with E-state index in [0.717, 1.165) is 6.42 Å². The fourth-order valence-electron chi connectivity index (χ4n) is 2.95. The summed E-state index contributed by atoms with van der Waals surface area (Å²) < 4.78 is 0. The summed E-state index contributed by atoms with van der Waals surface area (Å²) in [5.41, 5.74) is 2.43. The predicted octanol–water partition coefficient (Wildman–Crippen LogP) is 2.92. The first-order chi connectivity index (χ1) is 10.3. The molecule has 1 fully saturated rings. The topological polar surface area (TPSA) is 32.3 Å². The monoisotopic (exact) mass is 280 g/mol. The average Bonchev–Trinajstić information content (AvgIpc) is 2.69. The van der Waals surface area contributed by atoms with Gasteiger partial charge in [0.25, 0.3) is 0 Å². The van der Waals surface area contributed by atoms with Crippen LogP contribution in [0.3, 0.4) is 0 Å². The van der Waals surface area contributed by atoms with E-state index < -0.39 is 0 Å². The molecule has 0 spiro atoms. The Labute approximate surface area is 125 Å². The quantitative estimate of drug-likeness (QED) is 0.917. The molecule has 1 amide bonds. The Kier molecular flexibility index (Phi) is 4.02. The first-order valence-electron chi connectivity index (χ1n) is 7.34. The fourth-order valence-corrected chi connectivity index (χ4v) is 2.95. The van der Waals surface area contributed by atoms with Gasteiger partial charge in [0, 0.05) is 13.1 Å². The lowest BCUT2D eigenvalue weighted by atomic mass is 9.94. The fraction of sp³-hybridized carbons (Fsp3) is 0.278. The molecular weight excluding hydrogens is 260 g/mol. The highest BCUT2D eigenvalue weighted by Gasteiger charge is 2.29. The van der Waals surface area contributed by atoms with E-state index in [1.165, 1.54) is 11.1 Å². The third-order valence-corrected chi connectivity index (χ3v) is 4.21. The van der Waals surface area contributed by atoms with Crippen molar-refractivity contribution in [3.05, 3.63) is 71.8 Å². The molecule has 0 saturated carbocycles. The van der Waals surface area contributed by atoms with Gasteiger partial charge >= 0.3 is 0 Å². The molecule has 2 aromatic rings. The van der Waals surface area contributed by atoms with Crippen molar-refractivity contribution in [2.24, 2.45) is 0 Å². The number of likely N-dealkylation sites (N-methyl/N-ethyl adjacent to an activating group) is 1. The van der Waals surface area contributed by atoms with Gasteiger partial charge in [-0.2, -0.15) is 0 Å². The van der Waals surface area contributed by atoms with Gasteiger partial charge in [-0.05, 0) is 17.5 Å².